The largest absolute Gasteiger partial charge is 0.332 e. The number of para-hydroxylation sites is 1. The van der Waals surface area contributed by atoms with Crippen LogP contribution >= 0.6 is 27.7 Å². The minimum atomic E-state index is -0.486. The summed E-state index contributed by atoms with van der Waals surface area (Å²) in [6.07, 6.45) is 0.871. The molecule has 4 rings (SSSR count). The number of aryl methyl sites for hydroxylation is 1. The van der Waals surface area contributed by atoms with Crippen LogP contribution in [-0.2, 0) is 25.4 Å². The van der Waals surface area contributed by atoms with E-state index >= 15 is 0 Å². The Bertz CT molecular complexity index is 1250. The molecule has 1 aliphatic heterocycles. The fourth-order valence-corrected chi connectivity index (χ4v) is 5.15. The SMILES string of the molecule is CC1CCN(C(=O)Cn2c(Br)nc3c(=O)n(C)c(=O)n(C)c32)c2ccccc2S1. The zero-order valence-corrected chi connectivity index (χ0v) is 18.7. The number of rotatable bonds is 2. The van der Waals surface area contributed by atoms with Gasteiger partial charge in [-0.25, -0.2) is 9.78 Å². The van der Waals surface area contributed by atoms with Gasteiger partial charge in [-0.05, 0) is 34.5 Å². The minimum absolute atomic E-state index is 0.0368. The fourth-order valence-electron chi connectivity index (χ4n) is 3.57. The van der Waals surface area contributed by atoms with Crippen molar-refractivity contribution in [3.05, 3.63) is 49.8 Å². The van der Waals surface area contributed by atoms with Gasteiger partial charge in [0, 0.05) is 30.8 Å². The molecule has 2 aromatic heterocycles. The van der Waals surface area contributed by atoms with Gasteiger partial charge in [-0.1, -0.05) is 19.1 Å². The molecule has 1 aromatic carbocycles. The zero-order valence-electron chi connectivity index (χ0n) is 16.3. The van der Waals surface area contributed by atoms with Gasteiger partial charge in [-0.3, -0.25) is 23.3 Å². The maximum atomic E-state index is 13.3. The Balaban J connectivity index is 1.78. The van der Waals surface area contributed by atoms with Crippen LogP contribution in [0.3, 0.4) is 0 Å². The summed E-state index contributed by atoms with van der Waals surface area (Å²) in [6, 6.07) is 7.87. The highest BCUT2D eigenvalue weighted by atomic mass is 79.9. The molecule has 0 saturated carbocycles. The lowest BCUT2D eigenvalue weighted by atomic mass is 10.2. The number of benzene rings is 1. The molecule has 0 radical (unpaired) electrons. The van der Waals surface area contributed by atoms with E-state index in [1.54, 1.807) is 28.3 Å². The van der Waals surface area contributed by atoms with E-state index in [0.29, 0.717) is 22.2 Å². The Morgan fingerprint density at radius 2 is 1.97 bits per heavy atom. The van der Waals surface area contributed by atoms with Crippen molar-refractivity contribution in [2.24, 2.45) is 14.1 Å². The Kier molecular flexibility index (Phi) is 5.16. The standard InChI is InChI=1S/C19H20BrN5O3S/c1-11-8-9-24(12-6-4-5-7-13(12)29-11)14(26)10-25-16-15(21-18(25)20)17(27)23(3)19(28)22(16)2/h4-7,11H,8-10H2,1-3H3. The number of nitrogens with zero attached hydrogens (tertiary/aromatic N) is 5. The second kappa shape index (κ2) is 7.49. The smallest absolute Gasteiger partial charge is 0.310 e. The normalized spacial score (nSPS) is 16.7. The molecule has 0 N–H and O–H groups in total. The molecule has 8 nitrogen and oxygen atoms in total. The highest BCUT2D eigenvalue weighted by molar-refractivity contribution is 9.10. The number of imidazole rings is 1. The molecule has 10 heteroatoms. The summed E-state index contributed by atoms with van der Waals surface area (Å²) < 4.78 is 4.27. The van der Waals surface area contributed by atoms with Crippen molar-refractivity contribution in [3.63, 3.8) is 0 Å². The quantitative estimate of drug-likeness (QED) is 0.527. The number of hydrogen-bond acceptors (Lipinski definition) is 5. The molecule has 0 aliphatic carbocycles. The number of halogens is 1. The summed E-state index contributed by atoms with van der Waals surface area (Å²) in [5.41, 5.74) is 0.408. The average Bonchev–Trinajstić information content (AvgIpc) is 2.91. The van der Waals surface area contributed by atoms with Crippen LogP contribution < -0.4 is 16.1 Å². The topological polar surface area (TPSA) is 82.1 Å². The molecule has 3 aromatic rings. The Labute approximate surface area is 179 Å². The third-order valence-electron chi connectivity index (χ3n) is 5.13. The van der Waals surface area contributed by atoms with Crippen LogP contribution in [0.25, 0.3) is 11.2 Å². The second-order valence-corrected chi connectivity index (χ2v) is 9.26. The van der Waals surface area contributed by atoms with E-state index in [1.165, 1.54) is 11.6 Å². The molecule has 29 heavy (non-hydrogen) atoms. The summed E-state index contributed by atoms with van der Waals surface area (Å²) in [5, 5.41) is 0.401. The molecule has 1 amide bonds. The maximum Gasteiger partial charge on any atom is 0.332 e. The first-order valence-electron chi connectivity index (χ1n) is 9.17. The van der Waals surface area contributed by atoms with Gasteiger partial charge in [0.15, 0.2) is 15.9 Å². The Morgan fingerprint density at radius 3 is 2.72 bits per heavy atom. The van der Waals surface area contributed by atoms with Crippen LogP contribution in [0.15, 0.2) is 43.5 Å². The number of thioether (sulfide) groups is 1. The average molecular weight is 478 g/mol. The number of anilines is 1. The molecule has 152 valence electrons. The van der Waals surface area contributed by atoms with E-state index in [-0.39, 0.29) is 18.0 Å². The van der Waals surface area contributed by atoms with Crippen molar-refractivity contribution < 1.29 is 4.79 Å². The number of amides is 1. The van der Waals surface area contributed by atoms with Crippen molar-refractivity contribution in [3.8, 4) is 0 Å². The maximum absolute atomic E-state index is 13.3. The molecule has 3 heterocycles. The molecule has 1 atom stereocenters. The Hall–Kier alpha value is -2.33. The van der Waals surface area contributed by atoms with Gasteiger partial charge in [0.05, 0.1) is 5.69 Å². The van der Waals surface area contributed by atoms with Gasteiger partial charge in [0.2, 0.25) is 5.91 Å². The first-order valence-corrected chi connectivity index (χ1v) is 10.8. The van der Waals surface area contributed by atoms with E-state index in [0.717, 1.165) is 21.6 Å². The van der Waals surface area contributed by atoms with Crippen LogP contribution in [-0.4, -0.2) is 36.4 Å². The van der Waals surface area contributed by atoms with Crippen LogP contribution in [0, 0.1) is 0 Å². The number of fused-ring (bicyclic) bond motifs is 2. The zero-order chi connectivity index (χ0) is 20.9. The third kappa shape index (κ3) is 3.33. The highest BCUT2D eigenvalue weighted by Gasteiger charge is 2.26. The van der Waals surface area contributed by atoms with Crippen molar-refractivity contribution >= 4 is 50.5 Å². The van der Waals surface area contributed by atoms with Gasteiger partial charge in [0.25, 0.3) is 5.56 Å². The molecule has 1 unspecified atom stereocenters. The number of aromatic nitrogens is 4. The molecule has 0 fully saturated rings. The summed E-state index contributed by atoms with van der Waals surface area (Å²) in [7, 11) is 2.98. The lowest BCUT2D eigenvalue weighted by molar-refractivity contribution is -0.119. The molecular formula is C19H20BrN5O3S. The number of carbonyl (C=O) groups is 1. The van der Waals surface area contributed by atoms with Crippen LogP contribution in [0.2, 0.25) is 0 Å². The van der Waals surface area contributed by atoms with E-state index in [1.807, 2.05) is 24.3 Å². The first kappa shape index (κ1) is 20.0. The van der Waals surface area contributed by atoms with Gasteiger partial charge >= 0.3 is 5.69 Å². The van der Waals surface area contributed by atoms with Crippen molar-refractivity contribution in [1.82, 2.24) is 18.7 Å². The van der Waals surface area contributed by atoms with Crippen LogP contribution in [0.1, 0.15) is 13.3 Å². The fraction of sp³-hybridized carbons (Fsp3) is 0.368. The minimum Gasteiger partial charge on any atom is -0.310 e. The summed E-state index contributed by atoms with van der Waals surface area (Å²) >= 11 is 5.11. The van der Waals surface area contributed by atoms with E-state index in [2.05, 4.69) is 27.8 Å². The van der Waals surface area contributed by atoms with Gasteiger partial charge < -0.3 is 4.90 Å². The van der Waals surface area contributed by atoms with Crippen molar-refractivity contribution in [1.29, 1.82) is 0 Å². The highest BCUT2D eigenvalue weighted by Crippen LogP contribution is 2.37. The monoisotopic (exact) mass is 477 g/mol. The summed E-state index contributed by atoms with van der Waals surface area (Å²) in [5.74, 6) is -0.125. The summed E-state index contributed by atoms with van der Waals surface area (Å²) in [4.78, 5) is 45.2. The lowest BCUT2D eigenvalue weighted by Crippen LogP contribution is -2.38. The molecule has 0 bridgehead atoms. The van der Waals surface area contributed by atoms with E-state index < -0.39 is 11.2 Å². The Morgan fingerprint density at radius 1 is 1.24 bits per heavy atom. The van der Waals surface area contributed by atoms with Gasteiger partial charge in [-0.2, -0.15) is 0 Å². The predicted molar refractivity (Wildman–Crippen MR) is 117 cm³/mol. The number of carbonyl (C=O) groups excluding carboxylic acids is 1. The van der Waals surface area contributed by atoms with Crippen LogP contribution in [0.5, 0.6) is 0 Å². The lowest BCUT2D eigenvalue weighted by Gasteiger charge is -2.23. The molecule has 1 aliphatic rings. The van der Waals surface area contributed by atoms with Gasteiger partial charge in [-0.15, -0.1) is 11.8 Å². The predicted octanol–water partition coefficient (Wildman–Crippen LogP) is 2.11. The summed E-state index contributed by atoms with van der Waals surface area (Å²) in [6.45, 7) is 2.72. The van der Waals surface area contributed by atoms with E-state index in [4.69, 9.17) is 0 Å². The second-order valence-electron chi connectivity index (χ2n) is 7.08. The number of hydrogen-bond donors (Lipinski definition) is 0. The van der Waals surface area contributed by atoms with Crippen molar-refractivity contribution in [2.45, 2.75) is 30.0 Å². The molecule has 0 spiro atoms. The van der Waals surface area contributed by atoms with Crippen LogP contribution in [0.4, 0.5) is 5.69 Å². The van der Waals surface area contributed by atoms with E-state index in [9.17, 15) is 14.4 Å². The third-order valence-corrected chi connectivity index (χ3v) is 6.97. The molecular weight excluding hydrogens is 458 g/mol. The molecule has 0 saturated heterocycles. The van der Waals surface area contributed by atoms with Gasteiger partial charge in [0.1, 0.15) is 6.54 Å². The van der Waals surface area contributed by atoms with Crippen molar-refractivity contribution in [2.75, 3.05) is 11.4 Å². The first-order chi connectivity index (χ1) is 13.8.